The molecule has 2 rings (SSSR count). The van der Waals surface area contributed by atoms with Crippen LogP contribution in [0.25, 0.3) is 0 Å². The number of Topliss-reactive ketones (excluding diaryl/α,β-unsaturated/α-hetero) is 1. The van der Waals surface area contributed by atoms with Crippen LogP contribution in [0.15, 0.2) is 30.3 Å². The van der Waals surface area contributed by atoms with Gasteiger partial charge in [0, 0.05) is 20.3 Å². The molecule has 0 aliphatic carbocycles. The Morgan fingerprint density at radius 2 is 1.69 bits per heavy atom. The molecule has 1 aromatic rings. The number of ketones is 1. The van der Waals surface area contributed by atoms with Crippen LogP contribution in [-0.4, -0.2) is 64.7 Å². The Morgan fingerprint density at radius 3 is 2.21 bits per heavy atom. The van der Waals surface area contributed by atoms with Crippen molar-refractivity contribution < 1.29 is 43.5 Å². The van der Waals surface area contributed by atoms with Gasteiger partial charge in [-0.3, -0.25) is 14.4 Å². The van der Waals surface area contributed by atoms with E-state index in [0.717, 1.165) is 19.4 Å². The van der Waals surface area contributed by atoms with Crippen LogP contribution >= 0.6 is 0 Å². The van der Waals surface area contributed by atoms with Crippen molar-refractivity contribution in [3.05, 3.63) is 35.9 Å². The van der Waals surface area contributed by atoms with E-state index in [4.69, 9.17) is 18.9 Å². The first-order valence-electron chi connectivity index (χ1n) is 9.27. The number of esters is 2. The summed E-state index contributed by atoms with van der Waals surface area (Å²) in [5.41, 5.74) is 0.757. The fourth-order valence-electron chi connectivity index (χ4n) is 3.20. The van der Waals surface area contributed by atoms with E-state index in [2.05, 4.69) is 0 Å². The van der Waals surface area contributed by atoms with Crippen molar-refractivity contribution in [1.82, 2.24) is 0 Å². The van der Waals surface area contributed by atoms with Crippen molar-refractivity contribution in [3.8, 4) is 0 Å². The van der Waals surface area contributed by atoms with Crippen LogP contribution in [0, 0.1) is 0 Å². The van der Waals surface area contributed by atoms with E-state index in [-0.39, 0.29) is 13.0 Å². The second-order valence-electron chi connectivity index (χ2n) is 6.68. The molecule has 0 amide bonds. The van der Waals surface area contributed by atoms with E-state index in [0.29, 0.717) is 0 Å². The van der Waals surface area contributed by atoms with Gasteiger partial charge in [0.1, 0.15) is 12.2 Å². The Balaban J connectivity index is 2.45. The molecule has 0 spiro atoms. The standard InChI is InChI=1S/C20H26O9/c1-4-16(24)20(25)19(28-13(3)23)18(26-11-14-8-6-5-7-9-14)17(27-12(2)22)15(10-21)29-20/h5-9,15,17-19,21,25H,4,10-11H2,1-3H3/t15-,17+,18-,19+,20+/m0/s1. The molecule has 9 heteroatoms. The van der Waals surface area contributed by atoms with Gasteiger partial charge in [-0.1, -0.05) is 37.3 Å². The summed E-state index contributed by atoms with van der Waals surface area (Å²) in [5.74, 6) is -4.82. The maximum Gasteiger partial charge on any atom is 0.303 e. The van der Waals surface area contributed by atoms with Crippen molar-refractivity contribution in [2.24, 2.45) is 0 Å². The Bertz CT molecular complexity index is 720. The minimum absolute atomic E-state index is 0.00950. The fourth-order valence-corrected chi connectivity index (χ4v) is 3.20. The van der Waals surface area contributed by atoms with Crippen LogP contribution in [0.3, 0.4) is 0 Å². The summed E-state index contributed by atoms with van der Waals surface area (Å²) >= 11 is 0. The molecule has 1 aliphatic heterocycles. The number of carbonyl (C=O) groups is 3. The molecule has 5 atom stereocenters. The average molecular weight is 410 g/mol. The minimum atomic E-state index is -2.56. The van der Waals surface area contributed by atoms with Crippen LogP contribution in [0.4, 0.5) is 0 Å². The lowest BCUT2D eigenvalue weighted by Crippen LogP contribution is -2.70. The van der Waals surface area contributed by atoms with Gasteiger partial charge in [-0.25, -0.2) is 0 Å². The van der Waals surface area contributed by atoms with Crippen molar-refractivity contribution in [2.45, 2.75) is 64.0 Å². The first kappa shape index (κ1) is 23.0. The largest absolute Gasteiger partial charge is 0.457 e. The highest BCUT2D eigenvalue weighted by molar-refractivity contribution is 5.86. The molecule has 0 radical (unpaired) electrons. The third-order valence-corrected chi connectivity index (χ3v) is 4.49. The van der Waals surface area contributed by atoms with E-state index in [9.17, 15) is 24.6 Å². The summed E-state index contributed by atoms with van der Waals surface area (Å²) < 4.78 is 21.7. The third-order valence-electron chi connectivity index (χ3n) is 4.49. The second kappa shape index (κ2) is 9.93. The summed E-state index contributed by atoms with van der Waals surface area (Å²) in [7, 11) is 0. The van der Waals surface area contributed by atoms with Crippen molar-refractivity contribution in [3.63, 3.8) is 0 Å². The van der Waals surface area contributed by atoms with Gasteiger partial charge in [-0.15, -0.1) is 0 Å². The lowest BCUT2D eigenvalue weighted by atomic mass is 9.88. The van der Waals surface area contributed by atoms with Crippen LogP contribution in [-0.2, 0) is 39.9 Å². The van der Waals surface area contributed by atoms with Gasteiger partial charge in [0.15, 0.2) is 18.0 Å². The first-order valence-corrected chi connectivity index (χ1v) is 9.27. The molecular weight excluding hydrogens is 384 g/mol. The number of aliphatic hydroxyl groups is 2. The summed E-state index contributed by atoms with van der Waals surface area (Å²) in [6.45, 7) is 3.09. The van der Waals surface area contributed by atoms with Crippen LogP contribution < -0.4 is 0 Å². The normalized spacial score (nSPS) is 29.1. The highest BCUT2D eigenvalue weighted by atomic mass is 16.7. The molecule has 1 aliphatic rings. The average Bonchev–Trinajstić information content (AvgIpc) is 2.69. The zero-order valence-electron chi connectivity index (χ0n) is 16.6. The predicted molar refractivity (Wildman–Crippen MR) is 98.3 cm³/mol. The molecule has 9 nitrogen and oxygen atoms in total. The Labute approximate surface area is 168 Å². The van der Waals surface area contributed by atoms with Gasteiger partial charge in [0.2, 0.25) is 0 Å². The highest BCUT2D eigenvalue weighted by Crippen LogP contribution is 2.35. The van der Waals surface area contributed by atoms with E-state index in [1.165, 1.54) is 6.92 Å². The highest BCUT2D eigenvalue weighted by Gasteiger charge is 2.61. The van der Waals surface area contributed by atoms with Gasteiger partial charge in [-0.05, 0) is 5.56 Å². The molecule has 2 N–H and O–H groups in total. The molecule has 1 fully saturated rings. The van der Waals surface area contributed by atoms with Gasteiger partial charge in [0.05, 0.1) is 13.2 Å². The topological polar surface area (TPSA) is 129 Å². The number of hydrogen-bond acceptors (Lipinski definition) is 9. The number of carbonyl (C=O) groups excluding carboxylic acids is 3. The molecule has 0 aromatic heterocycles. The molecular formula is C20H26O9. The second-order valence-corrected chi connectivity index (χ2v) is 6.68. The zero-order valence-corrected chi connectivity index (χ0v) is 16.6. The smallest absolute Gasteiger partial charge is 0.303 e. The summed E-state index contributed by atoms with van der Waals surface area (Å²) in [4.78, 5) is 35.8. The SMILES string of the molecule is CCC(=O)[C@@]1(O)O[C@@H](CO)[C@@H](OC(C)=O)[C@H](OCc2ccccc2)[C@H]1OC(C)=O. The molecule has 0 unspecified atom stereocenters. The van der Waals surface area contributed by atoms with Gasteiger partial charge >= 0.3 is 11.9 Å². The van der Waals surface area contributed by atoms with Crippen molar-refractivity contribution in [1.29, 1.82) is 0 Å². The van der Waals surface area contributed by atoms with E-state index in [1.54, 1.807) is 24.3 Å². The maximum absolute atomic E-state index is 12.5. The van der Waals surface area contributed by atoms with Gasteiger partial charge < -0.3 is 29.2 Å². The molecule has 1 heterocycles. The predicted octanol–water partition coefficient (Wildman–Crippen LogP) is 0.494. The number of aliphatic hydroxyl groups excluding tert-OH is 1. The van der Waals surface area contributed by atoms with Crippen molar-refractivity contribution >= 4 is 17.7 Å². The molecule has 0 bridgehead atoms. The van der Waals surface area contributed by atoms with E-state index < -0.39 is 54.5 Å². The van der Waals surface area contributed by atoms with E-state index in [1.807, 2.05) is 6.07 Å². The number of rotatable bonds is 8. The lowest BCUT2D eigenvalue weighted by molar-refractivity contribution is -0.339. The minimum Gasteiger partial charge on any atom is -0.457 e. The molecule has 0 saturated carbocycles. The molecule has 1 aromatic carbocycles. The van der Waals surface area contributed by atoms with Crippen LogP contribution in [0.1, 0.15) is 32.8 Å². The summed E-state index contributed by atoms with van der Waals surface area (Å²) in [6.07, 6.45) is -5.50. The monoisotopic (exact) mass is 410 g/mol. The van der Waals surface area contributed by atoms with Crippen molar-refractivity contribution in [2.75, 3.05) is 6.61 Å². The van der Waals surface area contributed by atoms with Gasteiger partial charge in [0.25, 0.3) is 5.79 Å². The van der Waals surface area contributed by atoms with Crippen LogP contribution in [0.5, 0.6) is 0 Å². The third kappa shape index (κ3) is 5.39. The molecule has 29 heavy (non-hydrogen) atoms. The lowest BCUT2D eigenvalue weighted by Gasteiger charge is -2.48. The molecule has 160 valence electrons. The summed E-state index contributed by atoms with van der Waals surface area (Å²) in [6, 6.07) is 8.98. The number of ether oxygens (including phenoxy) is 4. The fraction of sp³-hybridized carbons (Fsp3) is 0.550. The Hall–Kier alpha value is -2.33. The first-order chi connectivity index (χ1) is 13.7. The molecule has 1 saturated heterocycles. The summed E-state index contributed by atoms with van der Waals surface area (Å²) in [5, 5.41) is 20.7. The van der Waals surface area contributed by atoms with Crippen LogP contribution in [0.2, 0.25) is 0 Å². The number of hydrogen-bond donors (Lipinski definition) is 2. The maximum atomic E-state index is 12.5. The zero-order chi connectivity index (χ0) is 21.6. The van der Waals surface area contributed by atoms with E-state index >= 15 is 0 Å². The Kier molecular flexibility index (Phi) is 7.86. The van der Waals surface area contributed by atoms with Gasteiger partial charge in [-0.2, -0.15) is 0 Å². The quantitative estimate of drug-likeness (QED) is 0.588. The number of benzene rings is 1. The Morgan fingerprint density at radius 1 is 1.07 bits per heavy atom.